The van der Waals surface area contributed by atoms with Crippen molar-refractivity contribution in [1.82, 2.24) is 0 Å². The molecule has 0 radical (unpaired) electrons. The number of carboxylic acids is 1. The van der Waals surface area contributed by atoms with Gasteiger partial charge in [0.2, 0.25) is 0 Å². The molecule has 4 atom stereocenters. The molecule has 0 spiro atoms. The molecule has 1 aliphatic heterocycles. The van der Waals surface area contributed by atoms with Gasteiger partial charge < -0.3 is 20.1 Å². The molecule has 0 aromatic carbocycles. The van der Waals surface area contributed by atoms with Crippen LogP contribution in [0.4, 0.5) is 0 Å². The molecular formula is C21H30O7. The molecule has 0 bridgehead atoms. The van der Waals surface area contributed by atoms with E-state index >= 15 is 0 Å². The standard InChI is InChI=1S/C21H30O7/c1-5-13(3)19(24)15(20(25)26)8-6-7-12(2)9-10-16(22)18-17(23)11-14(4)28-21(18)27/h6,8,13-15,19,22,24H,2,5,7,9-11H2,1,3-4H3,(H,25,26)/b8-6+,18-16-/t13-,14+,15+,19+/m0/s1/i14+1,17+1,21+1,23+2,27+2,28+2. The van der Waals surface area contributed by atoms with Crippen LogP contribution in [0.5, 0.6) is 0 Å². The molecule has 0 aromatic heterocycles. The van der Waals surface area contributed by atoms with Crippen LogP contribution in [0, 0.1) is 11.8 Å². The third-order valence-corrected chi connectivity index (χ3v) is 4.90. The van der Waals surface area contributed by atoms with Gasteiger partial charge in [0.25, 0.3) is 0 Å². The minimum absolute atomic E-state index is 0.0455. The fourth-order valence-electron chi connectivity index (χ4n) is 2.88. The van der Waals surface area contributed by atoms with Crippen LogP contribution >= 0.6 is 0 Å². The van der Waals surface area contributed by atoms with Crippen LogP contribution < -0.4 is 0 Å². The summed E-state index contributed by atoms with van der Waals surface area (Å²) in [6.45, 7) is 9.15. The van der Waals surface area contributed by atoms with Crippen LogP contribution in [0.3, 0.4) is 0 Å². The number of aliphatic carboxylic acids is 1. The monoisotopic (exact) mass is 403 g/mol. The first-order valence-corrected chi connectivity index (χ1v) is 9.48. The molecule has 1 fully saturated rings. The third kappa shape index (κ3) is 6.64. The van der Waals surface area contributed by atoms with Crippen LogP contribution in [-0.2, 0) is 19.1 Å². The molecule has 7 nitrogen and oxygen atoms in total. The van der Waals surface area contributed by atoms with Gasteiger partial charge in [0.15, 0.2) is 5.78 Å². The molecule has 1 saturated heterocycles. The number of Topliss-reactive ketones (excluding diaryl/α,β-unsaturated/α-hetero) is 1. The zero-order chi connectivity index (χ0) is 21.4. The van der Waals surface area contributed by atoms with E-state index in [0.717, 1.165) is 0 Å². The summed E-state index contributed by atoms with van der Waals surface area (Å²) >= 11 is 0. The zero-order valence-corrected chi connectivity index (χ0v) is 16.7. The lowest BCUT2D eigenvalue weighted by Crippen LogP contribution is -2.31. The molecule has 1 aliphatic rings. The summed E-state index contributed by atoms with van der Waals surface area (Å²) in [7, 11) is 0. The number of carbonyl (C=O) groups excluding carboxylic acids is 2. The van der Waals surface area contributed by atoms with E-state index in [1.165, 1.54) is 6.08 Å². The van der Waals surface area contributed by atoms with Gasteiger partial charge in [-0.25, -0.2) is 4.79 Å². The smallest absolute Gasteiger partial charge is 0.345 e. The first kappa shape index (κ1) is 23.6. The first-order valence-electron chi connectivity index (χ1n) is 9.48. The number of aliphatic hydroxyl groups excluding tert-OH is 2. The quantitative estimate of drug-likeness (QED) is 0.0974. The Labute approximate surface area is 165 Å². The molecule has 0 amide bonds. The molecule has 156 valence electrons. The zero-order valence-electron chi connectivity index (χ0n) is 16.7. The van der Waals surface area contributed by atoms with Crippen molar-refractivity contribution in [2.24, 2.45) is 11.8 Å². The number of cyclic esters (lactones) is 1. The highest BCUT2D eigenvalue weighted by Gasteiger charge is 2.32. The van der Waals surface area contributed by atoms with Gasteiger partial charge in [-0.05, 0) is 25.7 Å². The molecule has 0 aliphatic carbocycles. The van der Waals surface area contributed by atoms with Gasteiger partial charge in [0.05, 0.1) is 6.10 Å². The number of esters is 1. The van der Waals surface area contributed by atoms with Gasteiger partial charge >= 0.3 is 11.9 Å². The van der Waals surface area contributed by atoms with Gasteiger partial charge in [-0.15, -0.1) is 0 Å². The lowest BCUT2D eigenvalue weighted by Gasteiger charge is -2.21. The Balaban J connectivity index is 2.63. The predicted molar refractivity (Wildman–Crippen MR) is 104 cm³/mol. The van der Waals surface area contributed by atoms with E-state index in [9.17, 15) is 29.7 Å². The van der Waals surface area contributed by atoms with E-state index in [-0.39, 0.29) is 30.1 Å². The van der Waals surface area contributed by atoms with Crippen LogP contribution in [-0.4, -0.2) is 45.2 Å². The van der Waals surface area contributed by atoms with Crippen LogP contribution in [0.1, 0.15) is 52.9 Å². The number of ketones is 1. The van der Waals surface area contributed by atoms with Crippen molar-refractivity contribution >= 4 is 17.7 Å². The van der Waals surface area contributed by atoms with Gasteiger partial charge in [0.1, 0.15) is 23.4 Å². The second-order valence-electron chi connectivity index (χ2n) is 7.29. The normalized spacial score (nSPS) is 22.5. The number of hydrogen-bond acceptors (Lipinski definition) is 6. The van der Waals surface area contributed by atoms with Crippen LogP contribution in [0.25, 0.3) is 0 Å². The maximum Gasteiger partial charge on any atom is 0.345 e. The highest BCUT2D eigenvalue weighted by atomic mass is 18.4. The average Bonchev–Trinajstić information content (AvgIpc) is 2.61. The minimum Gasteiger partial charge on any atom is -0.511 e. The number of carboxylic acid groups (broad SMARTS) is 1. The molecule has 1 heterocycles. The van der Waals surface area contributed by atoms with Crippen molar-refractivity contribution in [1.29, 1.82) is 0 Å². The van der Waals surface area contributed by atoms with Gasteiger partial charge in [-0.1, -0.05) is 44.6 Å². The molecular weight excluding hydrogens is 373 g/mol. The Bertz CT molecular complexity index is 654. The second-order valence-corrected chi connectivity index (χ2v) is 7.29. The van der Waals surface area contributed by atoms with Gasteiger partial charge in [-0.3, -0.25) is 9.59 Å². The van der Waals surface area contributed by atoms with Crippen molar-refractivity contribution in [2.75, 3.05) is 0 Å². The van der Waals surface area contributed by atoms with Crippen molar-refractivity contribution in [3.05, 3.63) is 35.6 Å². The number of rotatable bonds is 10. The number of aliphatic hydroxyl groups is 2. The number of carbonyl (C=O) groups is 3. The molecule has 0 saturated carbocycles. The second kappa shape index (κ2) is 10.8. The minimum atomic E-state index is -1.10. The Morgan fingerprint density at radius 3 is 2.54 bits per heavy atom. The number of hydrogen-bond donors (Lipinski definition) is 3. The topological polar surface area (TPSA) is 121 Å². The number of ether oxygens (including phenoxy) is 1. The molecule has 0 unspecified atom stereocenters. The highest BCUT2D eigenvalue weighted by molar-refractivity contribution is 6.19. The summed E-state index contributed by atoms with van der Waals surface area (Å²) < 4.78 is 4.97. The fourth-order valence-corrected chi connectivity index (χ4v) is 2.88. The summed E-state index contributed by atoms with van der Waals surface area (Å²) in [5.41, 5.74) is 0.389. The average molecular weight is 403 g/mol. The maximum absolute atomic E-state index is 11.9. The van der Waals surface area contributed by atoms with Crippen molar-refractivity contribution in [3.63, 3.8) is 0 Å². The summed E-state index contributed by atoms with van der Waals surface area (Å²) in [6, 6.07) is 0. The summed E-state index contributed by atoms with van der Waals surface area (Å²) in [6.07, 6.45) is 3.05. The Hall–Kier alpha value is -2.41. The largest absolute Gasteiger partial charge is 0.511 e. The van der Waals surface area contributed by atoms with Crippen LogP contribution in [0.15, 0.2) is 35.6 Å². The fraction of sp³-hybridized carbons (Fsp3) is 0.571. The predicted octanol–water partition coefficient (Wildman–Crippen LogP) is 3.09. The van der Waals surface area contributed by atoms with E-state index in [1.54, 1.807) is 19.9 Å². The molecule has 3 N–H and O–H groups in total. The van der Waals surface area contributed by atoms with E-state index in [1.807, 2.05) is 6.92 Å². The Morgan fingerprint density at radius 2 is 2.00 bits per heavy atom. The van der Waals surface area contributed by atoms with E-state index in [0.29, 0.717) is 24.8 Å². The summed E-state index contributed by atoms with van der Waals surface area (Å²) in [4.78, 5) is 35.1. The molecule has 28 heavy (non-hydrogen) atoms. The van der Waals surface area contributed by atoms with Gasteiger partial charge in [0, 0.05) is 12.8 Å². The Kier molecular flexibility index (Phi) is 9.12. The Morgan fingerprint density at radius 1 is 1.36 bits per heavy atom. The number of allylic oxidation sites excluding steroid dienone is 3. The molecule has 0 aromatic rings. The first-order chi connectivity index (χ1) is 13.1. The van der Waals surface area contributed by atoms with Crippen LogP contribution in [0.2, 0.25) is 0 Å². The molecule has 7 heteroatoms. The van der Waals surface area contributed by atoms with Crippen molar-refractivity contribution in [3.8, 4) is 0 Å². The van der Waals surface area contributed by atoms with E-state index in [2.05, 4.69) is 6.58 Å². The third-order valence-electron chi connectivity index (χ3n) is 4.90. The van der Waals surface area contributed by atoms with E-state index < -0.39 is 35.8 Å². The van der Waals surface area contributed by atoms with Crippen molar-refractivity contribution in [2.45, 2.75) is 65.1 Å². The lowest BCUT2D eigenvalue weighted by molar-refractivity contribution is -0.150. The van der Waals surface area contributed by atoms with E-state index in [4.69, 9.17) is 4.74 Å². The highest BCUT2D eigenvalue weighted by Crippen LogP contribution is 2.23. The molecule has 1 rings (SSSR count). The van der Waals surface area contributed by atoms with Crippen molar-refractivity contribution < 1.29 is 34.4 Å². The lowest BCUT2D eigenvalue weighted by atomic mass is 9.89. The SMILES string of the molecule is C=C(C/C=C/[C@@H](C(=O)O)[C@H](O)[C@@H](C)CC)CC/C(O)=C1\[13C](=[18O])C[13C@@H](C)[18O][13C]1=[18O]. The maximum atomic E-state index is 11.9. The summed E-state index contributed by atoms with van der Waals surface area (Å²) in [5.74, 6) is -3.81. The van der Waals surface area contributed by atoms with Gasteiger partial charge in [-0.2, -0.15) is 0 Å². The summed E-state index contributed by atoms with van der Waals surface area (Å²) in [5, 5.41) is 29.5.